The number of nitrogens with one attached hydrogen (secondary N) is 2. The molecule has 0 radical (unpaired) electrons. The molecule has 7 nitrogen and oxygen atoms in total. The fourth-order valence-corrected chi connectivity index (χ4v) is 3.74. The highest BCUT2D eigenvalue weighted by Gasteiger charge is 2.23. The number of urea groups is 1. The average molecular weight is 405 g/mol. The number of nitrogens with zero attached hydrogens (tertiary/aromatic N) is 4. The lowest BCUT2D eigenvalue weighted by Gasteiger charge is -2.21. The van der Waals surface area contributed by atoms with Crippen molar-refractivity contribution in [3.8, 4) is 0 Å². The van der Waals surface area contributed by atoms with E-state index in [2.05, 4.69) is 71.4 Å². The summed E-state index contributed by atoms with van der Waals surface area (Å²) in [4.78, 5) is 12.8. The first-order valence-corrected chi connectivity index (χ1v) is 10.4. The Kier molecular flexibility index (Phi) is 5.44. The Bertz CT molecular complexity index is 1170. The Hall–Kier alpha value is -3.35. The van der Waals surface area contributed by atoms with Crippen LogP contribution in [0.15, 0.2) is 54.9 Å². The van der Waals surface area contributed by atoms with E-state index in [1.54, 1.807) is 0 Å². The molecule has 0 aliphatic carbocycles. The highest BCUT2D eigenvalue weighted by Crippen LogP contribution is 2.23. The third kappa shape index (κ3) is 4.01. The fraction of sp³-hybridized carbons (Fsp3) is 0.348. The Morgan fingerprint density at radius 2 is 1.87 bits per heavy atom. The summed E-state index contributed by atoms with van der Waals surface area (Å²) in [6, 6.07) is 13.3. The minimum atomic E-state index is -0.266. The maximum Gasteiger partial charge on any atom is 0.319 e. The number of pyridine rings is 1. The number of benzene rings is 1. The number of aromatic nitrogens is 4. The molecular weight excluding hydrogens is 376 g/mol. The lowest BCUT2D eigenvalue weighted by molar-refractivity contribution is 0.243. The Balaban J connectivity index is 1.51. The van der Waals surface area contributed by atoms with Gasteiger partial charge in [-0.1, -0.05) is 33.8 Å². The minimum absolute atomic E-state index is 0.149. The van der Waals surface area contributed by atoms with Crippen molar-refractivity contribution in [1.29, 1.82) is 0 Å². The third-order valence-electron chi connectivity index (χ3n) is 5.16. The van der Waals surface area contributed by atoms with Crippen molar-refractivity contribution >= 4 is 28.3 Å². The maximum atomic E-state index is 12.8. The van der Waals surface area contributed by atoms with Crippen LogP contribution < -0.4 is 10.6 Å². The van der Waals surface area contributed by atoms with Gasteiger partial charge in [0, 0.05) is 35.5 Å². The van der Waals surface area contributed by atoms with Crippen molar-refractivity contribution in [3.05, 3.63) is 60.7 Å². The zero-order valence-electron chi connectivity index (χ0n) is 17.8. The number of fused-ring (bicyclic) bond motifs is 2. The SMILES string of the molecule is CC(C)Cn1ccc2cc(NC(=O)NC(c3nnc4ccccn34)C(C)C)ccc21. The molecule has 0 aliphatic rings. The minimum Gasteiger partial charge on any atom is -0.347 e. The molecule has 3 heterocycles. The second kappa shape index (κ2) is 8.18. The van der Waals surface area contributed by atoms with Crippen LogP contribution in [0.25, 0.3) is 16.6 Å². The van der Waals surface area contributed by atoms with Crippen molar-refractivity contribution in [3.63, 3.8) is 0 Å². The second-order valence-corrected chi connectivity index (χ2v) is 8.44. The summed E-state index contributed by atoms with van der Waals surface area (Å²) in [5, 5.41) is 15.7. The standard InChI is InChI=1S/C23H28N6O/c1-15(2)14-28-12-10-17-13-18(8-9-19(17)28)24-23(30)25-21(16(3)4)22-27-26-20-7-5-6-11-29(20)22/h5-13,15-16,21H,14H2,1-4H3,(H2,24,25,30). The van der Waals surface area contributed by atoms with Crippen LogP contribution in [-0.4, -0.2) is 25.2 Å². The summed E-state index contributed by atoms with van der Waals surface area (Å²) in [6.07, 6.45) is 4.01. The van der Waals surface area contributed by atoms with Gasteiger partial charge in [-0.05, 0) is 48.2 Å². The van der Waals surface area contributed by atoms with Crippen molar-refractivity contribution in [2.45, 2.75) is 40.3 Å². The van der Waals surface area contributed by atoms with Crippen LogP contribution in [0, 0.1) is 11.8 Å². The van der Waals surface area contributed by atoms with Crippen LogP contribution in [0.4, 0.5) is 10.5 Å². The highest BCUT2D eigenvalue weighted by molar-refractivity contribution is 5.93. The predicted molar refractivity (Wildman–Crippen MR) is 119 cm³/mol. The van der Waals surface area contributed by atoms with Crippen LogP contribution in [0.2, 0.25) is 0 Å². The molecule has 0 saturated heterocycles. The molecule has 1 atom stereocenters. The Morgan fingerprint density at radius 3 is 2.63 bits per heavy atom. The summed E-state index contributed by atoms with van der Waals surface area (Å²) in [5.41, 5.74) is 2.69. The number of anilines is 1. The average Bonchev–Trinajstić information content (AvgIpc) is 3.29. The van der Waals surface area contributed by atoms with Gasteiger partial charge in [0.2, 0.25) is 0 Å². The number of hydrogen-bond donors (Lipinski definition) is 2. The van der Waals surface area contributed by atoms with E-state index in [4.69, 9.17) is 0 Å². The van der Waals surface area contributed by atoms with Crippen molar-refractivity contribution in [2.75, 3.05) is 5.32 Å². The van der Waals surface area contributed by atoms with Gasteiger partial charge in [-0.3, -0.25) is 4.40 Å². The molecule has 0 bridgehead atoms. The van der Waals surface area contributed by atoms with Crippen molar-refractivity contribution < 1.29 is 4.79 Å². The molecule has 7 heteroatoms. The molecule has 4 rings (SSSR count). The van der Waals surface area contributed by atoms with Crippen LogP contribution in [0.3, 0.4) is 0 Å². The molecule has 30 heavy (non-hydrogen) atoms. The summed E-state index contributed by atoms with van der Waals surface area (Å²) in [5.74, 6) is 1.44. The molecule has 1 aromatic carbocycles. The smallest absolute Gasteiger partial charge is 0.319 e. The van der Waals surface area contributed by atoms with Gasteiger partial charge in [-0.2, -0.15) is 0 Å². The first-order valence-electron chi connectivity index (χ1n) is 10.4. The van der Waals surface area contributed by atoms with E-state index < -0.39 is 0 Å². The number of hydrogen-bond acceptors (Lipinski definition) is 3. The first kappa shape index (κ1) is 19.9. The van der Waals surface area contributed by atoms with Gasteiger partial charge in [0.1, 0.15) is 0 Å². The van der Waals surface area contributed by atoms with E-state index in [9.17, 15) is 4.79 Å². The van der Waals surface area contributed by atoms with Gasteiger partial charge in [-0.25, -0.2) is 4.79 Å². The van der Waals surface area contributed by atoms with Crippen molar-refractivity contribution in [2.24, 2.45) is 11.8 Å². The van der Waals surface area contributed by atoms with Crippen molar-refractivity contribution in [1.82, 2.24) is 24.5 Å². The summed E-state index contributed by atoms with van der Waals surface area (Å²) < 4.78 is 4.16. The Labute approximate surface area is 176 Å². The molecule has 0 fully saturated rings. The number of rotatable bonds is 6. The van der Waals surface area contributed by atoms with E-state index in [1.165, 1.54) is 5.52 Å². The molecule has 4 aromatic rings. The molecule has 0 saturated carbocycles. The summed E-state index contributed by atoms with van der Waals surface area (Å²) in [6.45, 7) is 9.49. The summed E-state index contributed by atoms with van der Waals surface area (Å²) >= 11 is 0. The predicted octanol–water partition coefficient (Wildman–Crippen LogP) is 4.86. The normalized spacial score (nSPS) is 12.7. The fourth-order valence-electron chi connectivity index (χ4n) is 3.74. The zero-order chi connectivity index (χ0) is 21.3. The monoisotopic (exact) mass is 404 g/mol. The van der Waals surface area contributed by atoms with Crippen LogP contribution >= 0.6 is 0 Å². The largest absolute Gasteiger partial charge is 0.347 e. The number of carbonyl (C=O) groups is 1. The topological polar surface area (TPSA) is 76.2 Å². The van der Waals surface area contributed by atoms with Crippen LogP contribution in [0.5, 0.6) is 0 Å². The molecule has 1 unspecified atom stereocenters. The third-order valence-corrected chi connectivity index (χ3v) is 5.16. The number of carbonyl (C=O) groups excluding carboxylic acids is 1. The van der Waals surface area contributed by atoms with E-state index in [1.807, 2.05) is 40.9 Å². The van der Waals surface area contributed by atoms with Gasteiger partial charge < -0.3 is 15.2 Å². The molecule has 3 aromatic heterocycles. The lowest BCUT2D eigenvalue weighted by Crippen LogP contribution is -2.36. The van der Waals surface area contributed by atoms with Gasteiger partial charge in [0.15, 0.2) is 11.5 Å². The van der Waals surface area contributed by atoms with Gasteiger partial charge in [-0.15, -0.1) is 10.2 Å². The molecular formula is C23H28N6O. The van der Waals surface area contributed by atoms with E-state index in [0.717, 1.165) is 29.1 Å². The molecule has 0 spiro atoms. The van der Waals surface area contributed by atoms with Crippen LogP contribution in [0.1, 0.15) is 39.6 Å². The first-order chi connectivity index (χ1) is 14.4. The van der Waals surface area contributed by atoms with Gasteiger partial charge >= 0.3 is 6.03 Å². The second-order valence-electron chi connectivity index (χ2n) is 8.44. The van der Waals surface area contributed by atoms with Crippen LogP contribution in [-0.2, 0) is 6.54 Å². The zero-order valence-corrected chi connectivity index (χ0v) is 17.8. The lowest BCUT2D eigenvalue weighted by atomic mass is 10.0. The highest BCUT2D eigenvalue weighted by atomic mass is 16.2. The summed E-state index contributed by atoms with van der Waals surface area (Å²) in [7, 11) is 0. The molecule has 2 amide bonds. The maximum absolute atomic E-state index is 12.8. The molecule has 2 N–H and O–H groups in total. The molecule has 156 valence electrons. The Morgan fingerprint density at radius 1 is 1.03 bits per heavy atom. The van der Waals surface area contributed by atoms with Gasteiger partial charge in [0.05, 0.1) is 6.04 Å². The quantitative estimate of drug-likeness (QED) is 0.482. The van der Waals surface area contributed by atoms with Gasteiger partial charge in [0.25, 0.3) is 0 Å². The van der Waals surface area contributed by atoms with E-state index >= 15 is 0 Å². The molecule has 0 aliphatic heterocycles. The van der Waals surface area contributed by atoms with E-state index in [0.29, 0.717) is 5.92 Å². The number of amides is 2. The van der Waals surface area contributed by atoms with E-state index in [-0.39, 0.29) is 18.0 Å².